The third-order valence-corrected chi connectivity index (χ3v) is 15.1. The quantitative estimate of drug-likeness (QED) is 0.209. The minimum absolute atomic E-state index is 0.0000841. The Morgan fingerprint density at radius 1 is 0.822 bits per heavy atom. The maximum atomic E-state index is 12.9. The van der Waals surface area contributed by atoms with Gasteiger partial charge in [-0.2, -0.15) is 0 Å². The highest BCUT2D eigenvalue weighted by Gasteiger charge is 2.69. The van der Waals surface area contributed by atoms with E-state index in [-0.39, 0.29) is 39.1 Å². The molecule has 5 N–H and O–H groups in total. The van der Waals surface area contributed by atoms with Gasteiger partial charge in [-0.05, 0) is 109 Å². The topological polar surface area (TPSA) is 154 Å². The van der Waals surface area contributed by atoms with Crippen molar-refractivity contribution in [2.75, 3.05) is 0 Å². The second kappa shape index (κ2) is 10.5. The molecule has 13 atom stereocenters. The summed E-state index contributed by atoms with van der Waals surface area (Å²) in [5.41, 5.74) is 0.508. The molecule has 254 valence electrons. The molecule has 1 heterocycles. The number of carboxylic acid groups (broad SMARTS) is 2. The zero-order valence-electron chi connectivity index (χ0n) is 28.2. The number of aliphatic carboxylic acids is 2. The lowest BCUT2D eigenvalue weighted by molar-refractivity contribution is -0.324. The van der Waals surface area contributed by atoms with Gasteiger partial charge in [-0.25, -0.2) is 4.79 Å². The van der Waals surface area contributed by atoms with Crippen molar-refractivity contribution in [3.63, 3.8) is 0 Å². The van der Waals surface area contributed by atoms with Crippen molar-refractivity contribution in [1.82, 2.24) is 0 Å². The van der Waals surface area contributed by atoms with E-state index in [9.17, 15) is 35.1 Å². The number of hydrogen-bond donors (Lipinski definition) is 5. The number of hydrogen-bond acceptors (Lipinski definition) is 7. The molecule has 0 aromatic rings. The Labute approximate surface area is 267 Å². The molecule has 6 aliphatic rings. The van der Waals surface area contributed by atoms with Gasteiger partial charge in [0.15, 0.2) is 12.4 Å². The van der Waals surface area contributed by atoms with E-state index in [0.717, 1.165) is 57.8 Å². The molecule has 1 unspecified atom stereocenters. The molecule has 0 bridgehead atoms. The van der Waals surface area contributed by atoms with Crippen LogP contribution in [0.2, 0.25) is 0 Å². The Hall–Kier alpha value is -1.52. The van der Waals surface area contributed by atoms with Gasteiger partial charge in [-0.15, -0.1) is 0 Å². The Bertz CT molecular complexity index is 1260. The number of carbonyl (C=O) groups is 2. The van der Waals surface area contributed by atoms with Gasteiger partial charge in [0.2, 0.25) is 0 Å². The monoisotopic (exact) mass is 632 g/mol. The van der Waals surface area contributed by atoms with E-state index >= 15 is 0 Å². The second-order valence-electron chi connectivity index (χ2n) is 17.9. The molecule has 9 heteroatoms. The normalized spacial score (nSPS) is 51.9. The predicted octanol–water partition coefficient (Wildman–Crippen LogP) is 5.15. The Kier molecular flexibility index (Phi) is 7.78. The van der Waals surface area contributed by atoms with Crippen molar-refractivity contribution in [3.05, 3.63) is 11.6 Å². The third-order valence-electron chi connectivity index (χ3n) is 15.1. The summed E-state index contributed by atoms with van der Waals surface area (Å²) in [6.45, 7) is 16.4. The van der Waals surface area contributed by atoms with E-state index < -0.39 is 48.1 Å². The molecule has 4 saturated carbocycles. The predicted molar refractivity (Wildman–Crippen MR) is 166 cm³/mol. The summed E-state index contributed by atoms with van der Waals surface area (Å²) in [6, 6.07) is 0. The number of rotatable bonds is 4. The first-order chi connectivity index (χ1) is 20.7. The van der Waals surface area contributed by atoms with Crippen molar-refractivity contribution >= 4 is 11.9 Å². The number of allylic oxidation sites excluding steroid dienone is 2. The summed E-state index contributed by atoms with van der Waals surface area (Å²) in [5, 5.41) is 51.4. The van der Waals surface area contributed by atoms with Crippen LogP contribution >= 0.6 is 0 Å². The first kappa shape index (κ1) is 33.4. The summed E-state index contributed by atoms with van der Waals surface area (Å²) in [4.78, 5) is 24.6. The number of aliphatic hydroxyl groups is 3. The van der Waals surface area contributed by atoms with Gasteiger partial charge in [0.1, 0.15) is 18.3 Å². The molecule has 5 aliphatic carbocycles. The van der Waals surface area contributed by atoms with E-state index in [1.807, 2.05) is 0 Å². The smallest absolute Gasteiger partial charge is 0.335 e. The van der Waals surface area contributed by atoms with Gasteiger partial charge in [0.25, 0.3) is 0 Å². The van der Waals surface area contributed by atoms with E-state index in [0.29, 0.717) is 18.3 Å². The molecule has 5 fully saturated rings. The molecule has 0 radical (unpaired) electrons. The summed E-state index contributed by atoms with van der Waals surface area (Å²) in [6.07, 6.45) is 2.94. The maximum absolute atomic E-state index is 12.9. The molecule has 0 spiro atoms. The molecule has 0 amide bonds. The average molecular weight is 633 g/mol. The van der Waals surface area contributed by atoms with Crippen LogP contribution in [0.4, 0.5) is 0 Å². The van der Waals surface area contributed by atoms with Gasteiger partial charge < -0.3 is 35.0 Å². The number of carboxylic acids is 2. The van der Waals surface area contributed by atoms with Crippen molar-refractivity contribution in [2.45, 2.75) is 149 Å². The summed E-state index contributed by atoms with van der Waals surface area (Å²) in [5.74, 6) is -1.24. The van der Waals surface area contributed by atoms with Crippen molar-refractivity contribution in [2.24, 2.45) is 50.2 Å². The highest BCUT2D eigenvalue weighted by atomic mass is 16.7. The van der Waals surface area contributed by atoms with Crippen LogP contribution in [0.3, 0.4) is 0 Å². The Morgan fingerprint density at radius 3 is 2.13 bits per heavy atom. The molecule has 45 heavy (non-hydrogen) atoms. The molecule has 1 aliphatic heterocycles. The van der Waals surface area contributed by atoms with Crippen LogP contribution in [0.25, 0.3) is 0 Å². The molecule has 0 aromatic carbocycles. The third kappa shape index (κ3) is 4.57. The summed E-state index contributed by atoms with van der Waals surface area (Å²) >= 11 is 0. The molecule has 1 saturated heterocycles. The SMILES string of the molecule is CC1(C)CC[C@]2(C(=O)O)CC[C@]3(C)C(=CC[C@@H]4[C@@]5(C)CCC(O[C@@H]6O[C@H](C(=O)O)[C@@H](O)[C@H](O)[C@H]6O)C(C)(C)[C@@H]5CC[C@]43C)[C@@H]2C1. The van der Waals surface area contributed by atoms with Crippen LogP contribution in [0.1, 0.15) is 113 Å². The highest BCUT2D eigenvalue weighted by molar-refractivity contribution is 5.76. The number of ether oxygens (including phenoxy) is 2. The largest absolute Gasteiger partial charge is 0.481 e. The van der Waals surface area contributed by atoms with Crippen LogP contribution < -0.4 is 0 Å². The van der Waals surface area contributed by atoms with Gasteiger partial charge >= 0.3 is 11.9 Å². The first-order valence-electron chi connectivity index (χ1n) is 17.3. The zero-order chi connectivity index (χ0) is 33.1. The minimum Gasteiger partial charge on any atom is -0.481 e. The molecule has 9 nitrogen and oxygen atoms in total. The summed E-state index contributed by atoms with van der Waals surface area (Å²) in [7, 11) is 0. The van der Waals surface area contributed by atoms with Gasteiger partial charge in [-0.1, -0.05) is 60.1 Å². The molecular formula is C36H56O9. The fraction of sp³-hybridized carbons (Fsp3) is 0.889. The summed E-state index contributed by atoms with van der Waals surface area (Å²) < 4.78 is 11.9. The van der Waals surface area contributed by atoms with Crippen molar-refractivity contribution in [3.8, 4) is 0 Å². The van der Waals surface area contributed by atoms with Crippen LogP contribution in [-0.2, 0) is 19.1 Å². The fourth-order valence-corrected chi connectivity index (χ4v) is 12.2. The lowest BCUT2D eigenvalue weighted by Gasteiger charge is -2.71. The molecule has 0 aromatic heterocycles. The standard InChI is InChI=1S/C36H56O9/c1-31(2)14-16-36(30(42)43)17-15-34(6)19(20(36)18-31)8-9-22-33(5)12-11-23(32(3,4)21(33)10-13-35(22,34)7)44-29-26(39)24(37)25(38)27(45-29)28(40)41/h8,20-27,29,37-39H,9-18H2,1-7H3,(H,40,41)(H,42,43)/t20-,21-,22+,23?,24-,25-,26+,27-,29+,33-,34+,35+,36-/m0/s1. The lowest BCUT2D eigenvalue weighted by atomic mass is 9.33. The highest BCUT2D eigenvalue weighted by Crippen LogP contribution is 2.76. The van der Waals surface area contributed by atoms with Crippen molar-refractivity contribution in [1.29, 1.82) is 0 Å². The number of aliphatic hydroxyl groups excluding tert-OH is 3. The number of fused-ring (bicyclic) bond motifs is 7. The average Bonchev–Trinajstić information content (AvgIpc) is 2.94. The van der Waals surface area contributed by atoms with Gasteiger partial charge in [0, 0.05) is 0 Å². The van der Waals surface area contributed by atoms with Crippen LogP contribution in [0.5, 0.6) is 0 Å². The first-order valence-corrected chi connectivity index (χ1v) is 17.3. The molecule has 6 rings (SSSR count). The lowest BCUT2D eigenvalue weighted by Crippen LogP contribution is -2.66. The Morgan fingerprint density at radius 2 is 1.49 bits per heavy atom. The van der Waals surface area contributed by atoms with Crippen LogP contribution in [0.15, 0.2) is 11.6 Å². The minimum atomic E-state index is -1.75. The fourth-order valence-electron chi connectivity index (χ4n) is 12.2. The van der Waals surface area contributed by atoms with Gasteiger partial charge in [0.05, 0.1) is 11.5 Å². The van der Waals surface area contributed by atoms with Crippen molar-refractivity contribution < 1.29 is 44.6 Å². The zero-order valence-corrected chi connectivity index (χ0v) is 28.2. The molecular weight excluding hydrogens is 576 g/mol. The van der Waals surface area contributed by atoms with Crippen LogP contribution in [0, 0.1) is 50.2 Å². The second-order valence-corrected chi connectivity index (χ2v) is 17.9. The van der Waals surface area contributed by atoms with E-state index in [1.165, 1.54) is 5.57 Å². The van der Waals surface area contributed by atoms with Gasteiger partial charge in [-0.3, -0.25) is 4.79 Å². The van der Waals surface area contributed by atoms with E-state index in [1.54, 1.807) is 0 Å². The van der Waals surface area contributed by atoms with E-state index in [2.05, 4.69) is 54.5 Å². The van der Waals surface area contributed by atoms with Crippen LogP contribution in [-0.4, -0.2) is 74.3 Å². The Balaban J connectivity index is 1.29. The maximum Gasteiger partial charge on any atom is 0.335 e. The van der Waals surface area contributed by atoms with E-state index in [4.69, 9.17) is 9.47 Å².